The Morgan fingerprint density at radius 1 is 1.32 bits per heavy atom. The summed E-state index contributed by atoms with van der Waals surface area (Å²) in [5.41, 5.74) is 2.22. The number of aryl methyl sites for hydroxylation is 1. The first-order valence-electron chi connectivity index (χ1n) is 7.47. The van der Waals surface area contributed by atoms with Crippen LogP contribution in [-0.4, -0.2) is 36.6 Å². The molecule has 0 aliphatic carbocycles. The molecule has 1 fully saturated rings. The topological polar surface area (TPSA) is 32.3 Å². The van der Waals surface area contributed by atoms with Crippen molar-refractivity contribution in [3.8, 4) is 0 Å². The molecule has 0 saturated carbocycles. The maximum Gasteiger partial charge on any atom is 0.401 e. The number of likely N-dealkylation sites (tertiary alicyclic amines) is 1. The second-order valence-electron chi connectivity index (χ2n) is 5.83. The number of amides is 1. The SMILES string of the molecule is CCc1ccc([C@@H](C)NC(=O)C2CN(CC(F)(F)F)C2)cc1. The van der Waals surface area contributed by atoms with E-state index in [1.807, 2.05) is 31.2 Å². The van der Waals surface area contributed by atoms with Crippen LogP contribution in [0.4, 0.5) is 13.2 Å². The Hall–Kier alpha value is -1.56. The van der Waals surface area contributed by atoms with Crippen molar-refractivity contribution in [1.29, 1.82) is 0 Å². The zero-order valence-electron chi connectivity index (χ0n) is 12.8. The monoisotopic (exact) mass is 314 g/mol. The molecule has 1 aliphatic heterocycles. The third-order valence-corrected chi connectivity index (χ3v) is 3.98. The molecule has 0 unspecified atom stereocenters. The summed E-state index contributed by atoms with van der Waals surface area (Å²) in [5, 5.41) is 2.87. The highest BCUT2D eigenvalue weighted by Gasteiger charge is 2.39. The van der Waals surface area contributed by atoms with Crippen molar-refractivity contribution < 1.29 is 18.0 Å². The van der Waals surface area contributed by atoms with Crippen LogP contribution >= 0.6 is 0 Å². The highest BCUT2D eigenvalue weighted by Crippen LogP contribution is 2.24. The lowest BCUT2D eigenvalue weighted by Crippen LogP contribution is -2.56. The minimum Gasteiger partial charge on any atom is -0.349 e. The van der Waals surface area contributed by atoms with E-state index >= 15 is 0 Å². The summed E-state index contributed by atoms with van der Waals surface area (Å²) in [5.74, 6) is -0.523. The number of alkyl halides is 3. The van der Waals surface area contributed by atoms with Gasteiger partial charge in [0.15, 0.2) is 0 Å². The summed E-state index contributed by atoms with van der Waals surface area (Å²) in [7, 11) is 0. The van der Waals surface area contributed by atoms with E-state index in [9.17, 15) is 18.0 Å². The minimum atomic E-state index is -4.20. The van der Waals surface area contributed by atoms with Gasteiger partial charge in [0.1, 0.15) is 0 Å². The molecule has 22 heavy (non-hydrogen) atoms. The maximum absolute atomic E-state index is 12.2. The summed E-state index contributed by atoms with van der Waals surface area (Å²) in [6.07, 6.45) is -3.24. The molecule has 1 saturated heterocycles. The number of carbonyl (C=O) groups is 1. The molecule has 1 N–H and O–H groups in total. The molecule has 1 aliphatic rings. The first-order chi connectivity index (χ1) is 10.3. The van der Waals surface area contributed by atoms with E-state index in [0.717, 1.165) is 12.0 Å². The summed E-state index contributed by atoms with van der Waals surface area (Å²) < 4.78 is 36.6. The fourth-order valence-corrected chi connectivity index (χ4v) is 2.57. The zero-order valence-corrected chi connectivity index (χ0v) is 12.8. The third kappa shape index (κ3) is 4.47. The van der Waals surface area contributed by atoms with Crippen LogP contribution in [0.15, 0.2) is 24.3 Å². The van der Waals surface area contributed by atoms with Gasteiger partial charge in [-0.25, -0.2) is 0 Å². The van der Waals surface area contributed by atoms with Crippen molar-refractivity contribution in [2.24, 2.45) is 5.92 Å². The number of halogens is 3. The molecule has 0 radical (unpaired) electrons. The molecule has 0 bridgehead atoms. The largest absolute Gasteiger partial charge is 0.401 e. The van der Waals surface area contributed by atoms with Crippen molar-refractivity contribution >= 4 is 5.91 Å². The highest BCUT2D eigenvalue weighted by molar-refractivity contribution is 5.80. The van der Waals surface area contributed by atoms with Crippen molar-refractivity contribution in [3.05, 3.63) is 35.4 Å². The van der Waals surface area contributed by atoms with E-state index in [1.54, 1.807) is 0 Å². The predicted octanol–water partition coefficient (Wildman–Crippen LogP) is 2.92. The third-order valence-electron chi connectivity index (χ3n) is 3.98. The van der Waals surface area contributed by atoms with E-state index in [1.165, 1.54) is 10.5 Å². The summed E-state index contributed by atoms with van der Waals surface area (Å²) in [4.78, 5) is 13.3. The van der Waals surface area contributed by atoms with Crippen LogP contribution in [0.25, 0.3) is 0 Å². The number of benzene rings is 1. The first-order valence-corrected chi connectivity index (χ1v) is 7.47. The summed E-state index contributed by atoms with van der Waals surface area (Å²) in [6, 6.07) is 7.84. The molecular formula is C16H21F3N2O. The van der Waals surface area contributed by atoms with Crippen molar-refractivity contribution in [1.82, 2.24) is 10.2 Å². The fraction of sp³-hybridized carbons (Fsp3) is 0.562. The van der Waals surface area contributed by atoms with Gasteiger partial charge in [0, 0.05) is 13.1 Å². The van der Waals surface area contributed by atoms with Crippen LogP contribution in [0.3, 0.4) is 0 Å². The van der Waals surface area contributed by atoms with Gasteiger partial charge < -0.3 is 5.32 Å². The highest BCUT2D eigenvalue weighted by atomic mass is 19.4. The normalized spacial score (nSPS) is 17.9. The molecule has 0 aromatic heterocycles. The van der Waals surface area contributed by atoms with E-state index in [4.69, 9.17) is 0 Å². The van der Waals surface area contributed by atoms with Crippen molar-refractivity contribution in [2.45, 2.75) is 32.5 Å². The number of hydrogen-bond donors (Lipinski definition) is 1. The van der Waals surface area contributed by atoms with Crippen molar-refractivity contribution in [2.75, 3.05) is 19.6 Å². The Kier molecular flexibility index (Phi) is 5.11. The number of hydrogen-bond acceptors (Lipinski definition) is 2. The van der Waals surface area contributed by atoms with Gasteiger partial charge in [0.2, 0.25) is 5.91 Å². The van der Waals surface area contributed by atoms with E-state index < -0.39 is 12.7 Å². The van der Waals surface area contributed by atoms with Gasteiger partial charge in [0.25, 0.3) is 0 Å². The molecule has 122 valence electrons. The summed E-state index contributed by atoms with van der Waals surface area (Å²) in [6.45, 7) is 3.36. The predicted molar refractivity (Wildman–Crippen MR) is 78.4 cm³/mol. The lowest BCUT2D eigenvalue weighted by molar-refractivity contribution is -0.163. The van der Waals surface area contributed by atoms with Gasteiger partial charge in [-0.3, -0.25) is 9.69 Å². The van der Waals surface area contributed by atoms with Crippen LogP contribution in [0.5, 0.6) is 0 Å². The second-order valence-corrected chi connectivity index (χ2v) is 5.83. The molecule has 0 spiro atoms. The average Bonchev–Trinajstić information content (AvgIpc) is 2.41. The minimum absolute atomic E-state index is 0.143. The molecule has 6 heteroatoms. The maximum atomic E-state index is 12.2. The fourth-order valence-electron chi connectivity index (χ4n) is 2.57. The average molecular weight is 314 g/mol. The van der Waals surface area contributed by atoms with Gasteiger partial charge in [-0.1, -0.05) is 31.2 Å². The van der Waals surface area contributed by atoms with Crippen LogP contribution in [0.2, 0.25) is 0 Å². The first kappa shape index (κ1) is 16.8. The Morgan fingerprint density at radius 2 is 1.91 bits per heavy atom. The quantitative estimate of drug-likeness (QED) is 0.906. The number of rotatable bonds is 5. The molecule has 3 nitrogen and oxygen atoms in total. The van der Waals surface area contributed by atoms with Crippen LogP contribution in [0, 0.1) is 5.92 Å². The standard InChI is InChI=1S/C16H21F3N2O/c1-3-12-4-6-13(7-5-12)11(2)20-15(22)14-8-21(9-14)10-16(17,18)19/h4-7,11,14H,3,8-10H2,1-2H3,(H,20,22)/t11-/m1/s1. The Labute approximate surface area is 128 Å². The lowest BCUT2D eigenvalue weighted by Gasteiger charge is -2.38. The van der Waals surface area contributed by atoms with Gasteiger partial charge in [-0.15, -0.1) is 0 Å². The van der Waals surface area contributed by atoms with Crippen LogP contribution < -0.4 is 5.32 Å². The molecule has 1 aromatic rings. The van der Waals surface area contributed by atoms with Gasteiger partial charge in [-0.05, 0) is 24.5 Å². The summed E-state index contributed by atoms with van der Waals surface area (Å²) >= 11 is 0. The van der Waals surface area contributed by atoms with Crippen LogP contribution in [-0.2, 0) is 11.2 Å². The number of carbonyl (C=O) groups excluding carboxylic acids is 1. The van der Waals surface area contributed by atoms with Crippen LogP contribution in [0.1, 0.15) is 31.0 Å². The van der Waals surface area contributed by atoms with Crippen molar-refractivity contribution in [3.63, 3.8) is 0 Å². The number of nitrogens with zero attached hydrogens (tertiary/aromatic N) is 1. The van der Waals surface area contributed by atoms with Gasteiger partial charge in [-0.2, -0.15) is 13.2 Å². The zero-order chi connectivity index (χ0) is 16.3. The lowest BCUT2D eigenvalue weighted by atomic mass is 9.98. The van der Waals surface area contributed by atoms with Gasteiger partial charge in [0.05, 0.1) is 18.5 Å². The van der Waals surface area contributed by atoms with E-state index in [0.29, 0.717) is 0 Å². The van der Waals surface area contributed by atoms with E-state index in [2.05, 4.69) is 12.2 Å². The molecule has 2 rings (SSSR count). The molecule has 1 atom stereocenters. The number of nitrogens with one attached hydrogen (secondary N) is 1. The molecule has 1 heterocycles. The Bertz CT molecular complexity index is 507. The molecular weight excluding hydrogens is 293 g/mol. The van der Waals surface area contributed by atoms with Gasteiger partial charge >= 0.3 is 6.18 Å². The Balaban J connectivity index is 1.80. The Morgan fingerprint density at radius 3 is 2.41 bits per heavy atom. The smallest absolute Gasteiger partial charge is 0.349 e. The molecule has 1 aromatic carbocycles. The molecule has 1 amide bonds. The second kappa shape index (κ2) is 6.69. The van der Waals surface area contributed by atoms with E-state index in [-0.39, 0.29) is 31.0 Å².